The van der Waals surface area contributed by atoms with E-state index in [9.17, 15) is 18.3 Å². The van der Waals surface area contributed by atoms with Crippen LogP contribution in [-0.4, -0.2) is 56.9 Å². The van der Waals surface area contributed by atoms with E-state index in [1.807, 2.05) is 30.3 Å². The number of aromatic nitrogens is 5. The smallest absolute Gasteiger partial charge is 0.270 e. The third-order valence-electron chi connectivity index (χ3n) is 6.17. The van der Waals surface area contributed by atoms with E-state index >= 15 is 0 Å². The van der Waals surface area contributed by atoms with E-state index in [0.717, 1.165) is 36.8 Å². The van der Waals surface area contributed by atoms with Gasteiger partial charge in [-0.05, 0) is 67.0 Å². The van der Waals surface area contributed by atoms with Crippen LogP contribution in [0.1, 0.15) is 53.0 Å². The molecule has 11 nitrogen and oxygen atoms in total. The Morgan fingerprint density at radius 3 is 2.61 bits per heavy atom. The van der Waals surface area contributed by atoms with Gasteiger partial charge in [0.25, 0.3) is 5.91 Å². The van der Waals surface area contributed by atoms with Crippen molar-refractivity contribution in [1.29, 1.82) is 0 Å². The third-order valence-corrected chi connectivity index (χ3v) is 6.93. The number of aryl methyl sites for hydroxylation is 1. The minimum atomic E-state index is -3.19. The number of hydrogen-bond donors (Lipinski definition) is 3. The van der Waals surface area contributed by atoms with E-state index < -0.39 is 10.0 Å². The van der Waals surface area contributed by atoms with Gasteiger partial charge in [-0.3, -0.25) is 4.79 Å². The van der Waals surface area contributed by atoms with Gasteiger partial charge in [-0.25, -0.2) is 18.1 Å². The van der Waals surface area contributed by atoms with Crippen molar-refractivity contribution in [1.82, 2.24) is 35.2 Å². The van der Waals surface area contributed by atoms with Crippen molar-refractivity contribution in [3.05, 3.63) is 58.9 Å². The first-order valence-corrected chi connectivity index (χ1v) is 13.8. The highest BCUT2D eigenvalue weighted by Crippen LogP contribution is 2.26. The quantitative estimate of drug-likeness (QED) is 0.390. The van der Waals surface area contributed by atoms with E-state index in [-0.39, 0.29) is 24.2 Å². The summed E-state index contributed by atoms with van der Waals surface area (Å²) in [7, 11) is -3.19. The third kappa shape index (κ3) is 7.15. The van der Waals surface area contributed by atoms with Crippen molar-refractivity contribution in [3.63, 3.8) is 0 Å². The molecule has 3 N–H and O–H groups in total. The number of amides is 1. The van der Waals surface area contributed by atoms with Crippen molar-refractivity contribution in [2.24, 2.45) is 5.92 Å². The van der Waals surface area contributed by atoms with Gasteiger partial charge in [-0.15, -0.1) is 10.2 Å². The lowest BCUT2D eigenvalue weighted by atomic mass is 9.86. The molecule has 192 valence electrons. The van der Waals surface area contributed by atoms with E-state index in [1.165, 1.54) is 6.26 Å². The summed E-state index contributed by atoms with van der Waals surface area (Å²) >= 11 is 0. The Labute approximate surface area is 210 Å². The van der Waals surface area contributed by atoms with Gasteiger partial charge < -0.3 is 10.4 Å². The zero-order valence-electron chi connectivity index (χ0n) is 20.4. The number of rotatable bonds is 9. The van der Waals surface area contributed by atoms with Crippen LogP contribution in [0.3, 0.4) is 0 Å². The zero-order valence-corrected chi connectivity index (χ0v) is 21.2. The molecule has 1 aliphatic carbocycles. The fraction of sp³-hybridized carbons (Fsp3) is 0.458. The molecular formula is C24H31N7O4S. The summed E-state index contributed by atoms with van der Waals surface area (Å²) in [6.45, 7) is 2.66. The molecule has 36 heavy (non-hydrogen) atoms. The number of nitrogens with one attached hydrogen (secondary N) is 2. The number of sulfonamides is 1. The van der Waals surface area contributed by atoms with E-state index in [2.05, 4.69) is 30.4 Å². The molecule has 1 saturated carbocycles. The van der Waals surface area contributed by atoms with Crippen LogP contribution in [0.4, 0.5) is 0 Å². The average molecular weight is 514 g/mol. The van der Waals surface area contributed by atoms with Crippen LogP contribution in [0, 0.1) is 12.8 Å². The molecule has 4 rings (SSSR count). The molecule has 0 saturated heterocycles. The van der Waals surface area contributed by atoms with Gasteiger partial charge in [0.15, 0.2) is 0 Å². The van der Waals surface area contributed by atoms with Crippen LogP contribution < -0.4 is 10.0 Å². The predicted octanol–water partition coefficient (Wildman–Crippen LogP) is 1.57. The number of aliphatic hydroxyl groups is 1. The zero-order chi connectivity index (χ0) is 25.7. The van der Waals surface area contributed by atoms with Gasteiger partial charge in [0, 0.05) is 23.8 Å². The summed E-state index contributed by atoms with van der Waals surface area (Å²) in [5.41, 5.74) is 3.24. The van der Waals surface area contributed by atoms with E-state index in [1.54, 1.807) is 17.8 Å². The van der Waals surface area contributed by atoms with Crippen LogP contribution in [0.25, 0.3) is 11.4 Å². The lowest BCUT2D eigenvalue weighted by Gasteiger charge is -2.27. The molecule has 0 spiro atoms. The Balaban J connectivity index is 1.37. The molecule has 3 aromatic rings. The summed E-state index contributed by atoms with van der Waals surface area (Å²) in [5.74, 6) is 0.438. The average Bonchev–Trinajstić information content (AvgIpc) is 3.31. The largest absolute Gasteiger partial charge is 0.392 e. The molecule has 12 heteroatoms. The first kappa shape index (κ1) is 25.9. The number of pyridine rings is 1. The van der Waals surface area contributed by atoms with Crippen molar-refractivity contribution in [3.8, 4) is 11.4 Å². The topological polar surface area (TPSA) is 152 Å². The maximum absolute atomic E-state index is 12.8. The van der Waals surface area contributed by atoms with Crippen molar-refractivity contribution in [2.45, 2.75) is 58.3 Å². The van der Waals surface area contributed by atoms with Crippen LogP contribution >= 0.6 is 0 Å². The van der Waals surface area contributed by atoms with Gasteiger partial charge in [0.1, 0.15) is 5.69 Å². The Morgan fingerprint density at radius 2 is 1.89 bits per heavy atom. The SMILES string of the molecule is Cc1cc(-c2nnn(CC3CCC(NS(C)(=O)=O)CC3)n2)cc(C(=O)NCc2cccc(CO)c2)n1. The maximum atomic E-state index is 12.8. The van der Waals surface area contributed by atoms with Crippen LogP contribution in [0.15, 0.2) is 36.4 Å². The lowest BCUT2D eigenvalue weighted by molar-refractivity contribution is 0.0945. The molecule has 0 unspecified atom stereocenters. The molecule has 1 aliphatic rings. The molecule has 0 radical (unpaired) electrons. The highest BCUT2D eigenvalue weighted by molar-refractivity contribution is 7.88. The first-order valence-electron chi connectivity index (χ1n) is 11.9. The Morgan fingerprint density at radius 1 is 1.14 bits per heavy atom. The summed E-state index contributed by atoms with van der Waals surface area (Å²) in [6, 6.07) is 10.8. The molecule has 1 aromatic carbocycles. The number of aliphatic hydroxyl groups excluding tert-OH is 1. The second-order valence-corrected chi connectivity index (χ2v) is 11.1. The second-order valence-electron chi connectivity index (χ2n) is 9.32. The van der Waals surface area contributed by atoms with Gasteiger partial charge in [0.2, 0.25) is 15.8 Å². The molecule has 0 atom stereocenters. The number of hydrogen-bond acceptors (Lipinski definition) is 8. The van der Waals surface area contributed by atoms with Crippen molar-refractivity contribution >= 4 is 15.9 Å². The maximum Gasteiger partial charge on any atom is 0.270 e. The van der Waals surface area contributed by atoms with Crippen molar-refractivity contribution in [2.75, 3.05) is 6.26 Å². The number of carbonyl (C=O) groups is 1. The Hall–Kier alpha value is -3.22. The molecule has 1 fully saturated rings. The standard InChI is InChI=1S/C24H31N7O4S/c1-16-10-20(12-22(26-16)24(33)25-13-18-4-3-5-19(11-18)15-32)23-27-30-31(28-23)14-17-6-8-21(9-7-17)29-36(2,34)35/h3-5,10-12,17,21,29,32H,6-9,13-15H2,1-2H3,(H,25,33). The summed E-state index contributed by atoms with van der Waals surface area (Å²) in [6.07, 6.45) is 4.51. The highest BCUT2D eigenvalue weighted by atomic mass is 32.2. The minimum Gasteiger partial charge on any atom is -0.392 e. The van der Waals surface area contributed by atoms with Crippen LogP contribution in [-0.2, 0) is 29.7 Å². The highest BCUT2D eigenvalue weighted by Gasteiger charge is 2.24. The molecule has 0 aliphatic heterocycles. The van der Waals surface area contributed by atoms with Gasteiger partial charge in [0.05, 0.1) is 19.4 Å². The molecular weight excluding hydrogens is 482 g/mol. The van der Waals surface area contributed by atoms with Gasteiger partial charge in [-0.2, -0.15) is 4.80 Å². The summed E-state index contributed by atoms with van der Waals surface area (Å²) in [4.78, 5) is 18.7. The number of tetrazole rings is 1. The van der Waals surface area contributed by atoms with Crippen LogP contribution in [0.2, 0.25) is 0 Å². The predicted molar refractivity (Wildman–Crippen MR) is 133 cm³/mol. The van der Waals surface area contributed by atoms with E-state index in [0.29, 0.717) is 36.1 Å². The second kappa shape index (κ2) is 11.2. The van der Waals surface area contributed by atoms with Gasteiger partial charge in [-0.1, -0.05) is 24.3 Å². The monoisotopic (exact) mass is 513 g/mol. The molecule has 0 bridgehead atoms. The van der Waals surface area contributed by atoms with Crippen molar-refractivity contribution < 1.29 is 18.3 Å². The van der Waals surface area contributed by atoms with Gasteiger partial charge >= 0.3 is 0 Å². The van der Waals surface area contributed by atoms with Crippen LogP contribution in [0.5, 0.6) is 0 Å². The summed E-state index contributed by atoms with van der Waals surface area (Å²) in [5, 5.41) is 25.0. The first-order chi connectivity index (χ1) is 17.2. The fourth-order valence-corrected chi connectivity index (χ4v) is 5.30. The van der Waals surface area contributed by atoms with E-state index in [4.69, 9.17) is 0 Å². The molecule has 1 amide bonds. The number of benzene rings is 1. The normalized spacial score (nSPS) is 18.2. The number of nitrogens with zero attached hydrogens (tertiary/aromatic N) is 5. The molecule has 2 heterocycles. The lowest BCUT2D eigenvalue weighted by Crippen LogP contribution is -2.37. The Bertz CT molecular complexity index is 1320. The summed E-state index contributed by atoms with van der Waals surface area (Å²) < 4.78 is 25.6. The number of carbonyl (C=O) groups excluding carboxylic acids is 1. The molecule has 2 aromatic heterocycles. The minimum absolute atomic E-state index is 0.0153. The Kier molecular flexibility index (Phi) is 8.07. The fourth-order valence-electron chi connectivity index (χ4n) is 4.46.